The van der Waals surface area contributed by atoms with Crippen molar-refractivity contribution in [3.8, 4) is 0 Å². The van der Waals surface area contributed by atoms with Gasteiger partial charge in [0, 0.05) is 57.6 Å². The van der Waals surface area contributed by atoms with Crippen molar-refractivity contribution >= 4 is 58.6 Å². The largest absolute Gasteiger partial charge is 0.385 e. The van der Waals surface area contributed by atoms with Crippen LogP contribution in [-0.2, 0) is 16.0 Å². The van der Waals surface area contributed by atoms with E-state index in [2.05, 4.69) is 25.8 Å². The van der Waals surface area contributed by atoms with Gasteiger partial charge < -0.3 is 31.1 Å². The molecule has 0 aliphatic carbocycles. The maximum Gasteiger partial charge on any atom is 0.320 e. The minimum absolute atomic E-state index is 0.0325. The van der Waals surface area contributed by atoms with Crippen molar-refractivity contribution in [1.82, 2.24) is 30.0 Å². The number of fused-ring (bicyclic) bond motifs is 1. The monoisotopic (exact) mass is 708 g/mol. The molecule has 16 nitrogen and oxygen atoms in total. The minimum Gasteiger partial charge on any atom is -0.385 e. The number of benzene rings is 2. The molecule has 1 unspecified atom stereocenters. The Kier molecular flexibility index (Phi) is 9.45. The second-order valence-electron chi connectivity index (χ2n) is 13.5. The molecule has 1 aromatic heterocycles. The van der Waals surface area contributed by atoms with E-state index in [9.17, 15) is 28.8 Å². The van der Waals surface area contributed by atoms with Crippen molar-refractivity contribution in [2.45, 2.75) is 50.6 Å². The van der Waals surface area contributed by atoms with Crippen molar-refractivity contribution in [1.29, 1.82) is 0 Å². The van der Waals surface area contributed by atoms with E-state index in [1.54, 1.807) is 29.3 Å². The summed E-state index contributed by atoms with van der Waals surface area (Å²) in [6, 6.07) is 11.8. The van der Waals surface area contributed by atoms with Crippen LogP contribution in [0.5, 0.6) is 0 Å². The van der Waals surface area contributed by atoms with Gasteiger partial charge in [-0.3, -0.25) is 34.2 Å². The van der Waals surface area contributed by atoms with Gasteiger partial charge in [0.2, 0.25) is 11.8 Å². The number of primary amides is 1. The van der Waals surface area contributed by atoms with Crippen LogP contribution in [0.3, 0.4) is 0 Å². The third-order valence-corrected chi connectivity index (χ3v) is 10.0. The van der Waals surface area contributed by atoms with Crippen LogP contribution in [0.2, 0.25) is 0 Å². The molecule has 3 fully saturated rings. The quantitative estimate of drug-likeness (QED) is 0.168. The molecule has 0 spiro atoms. The van der Waals surface area contributed by atoms with Crippen LogP contribution in [0.4, 0.5) is 27.8 Å². The predicted molar refractivity (Wildman–Crippen MR) is 190 cm³/mol. The number of carbonyl (C=O) groups is 6. The Morgan fingerprint density at radius 3 is 2.46 bits per heavy atom. The first-order valence-electron chi connectivity index (χ1n) is 17.5. The number of nitrogens with one attached hydrogen (secondary N) is 3. The lowest BCUT2D eigenvalue weighted by Crippen LogP contribution is -2.54. The topological polar surface area (TPSA) is 203 Å². The van der Waals surface area contributed by atoms with Gasteiger partial charge in [-0.25, -0.2) is 14.8 Å². The summed E-state index contributed by atoms with van der Waals surface area (Å²) >= 11 is 0. The molecule has 7 amide bonds. The summed E-state index contributed by atoms with van der Waals surface area (Å²) in [7, 11) is 1.81. The molecule has 2 aromatic carbocycles. The second kappa shape index (κ2) is 14.3. The molecule has 0 bridgehead atoms. The summed E-state index contributed by atoms with van der Waals surface area (Å²) in [6.07, 6.45) is 5.07. The zero-order valence-electron chi connectivity index (χ0n) is 28.8. The number of hydrogen-bond donors (Lipinski definition) is 4. The number of imide groups is 2. The van der Waals surface area contributed by atoms with Gasteiger partial charge in [-0.15, -0.1) is 0 Å². The second-order valence-corrected chi connectivity index (χ2v) is 13.5. The SMILES string of the molecule is CN1CCN([C@@H]2CCCN(c3cnc(C(N)=O)c(Nc4ccc(CCCNc5ccc6c(c5)C(=O)N(C5CCC(=O)NC5=O)C6=O)cc4)n3)C2)C1=O. The van der Waals surface area contributed by atoms with E-state index in [1.165, 1.54) is 0 Å². The Labute approximate surface area is 299 Å². The molecule has 2 atom stereocenters. The number of hydrogen-bond acceptors (Lipinski definition) is 11. The van der Waals surface area contributed by atoms with Gasteiger partial charge in [0.25, 0.3) is 17.7 Å². The zero-order chi connectivity index (χ0) is 36.5. The van der Waals surface area contributed by atoms with E-state index < -0.39 is 35.6 Å². The first-order chi connectivity index (χ1) is 25.1. The number of likely N-dealkylation sites (N-methyl/N-ethyl adjacent to an activating group) is 1. The lowest BCUT2D eigenvalue weighted by Gasteiger charge is -2.37. The highest BCUT2D eigenvalue weighted by molar-refractivity contribution is 6.23. The van der Waals surface area contributed by atoms with Gasteiger partial charge in [0.15, 0.2) is 11.5 Å². The van der Waals surface area contributed by atoms with Gasteiger partial charge in [-0.05, 0) is 68.0 Å². The van der Waals surface area contributed by atoms with Crippen molar-refractivity contribution < 1.29 is 28.8 Å². The zero-order valence-corrected chi connectivity index (χ0v) is 28.8. The van der Waals surface area contributed by atoms with Crippen molar-refractivity contribution in [3.63, 3.8) is 0 Å². The number of nitrogens with two attached hydrogens (primary N) is 1. The van der Waals surface area contributed by atoms with Crippen molar-refractivity contribution in [2.75, 3.05) is 55.3 Å². The molecule has 7 rings (SSSR count). The van der Waals surface area contributed by atoms with E-state index in [0.29, 0.717) is 43.4 Å². The van der Waals surface area contributed by atoms with Crippen LogP contribution in [-0.4, -0.2) is 112 Å². The summed E-state index contributed by atoms with van der Waals surface area (Å²) in [5.41, 5.74) is 8.60. The highest BCUT2D eigenvalue weighted by Gasteiger charge is 2.44. The molecule has 0 saturated carbocycles. The number of anilines is 4. The van der Waals surface area contributed by atoms with Gasteiger partial charge in [0.05, 0.1) is 23.4 Å². The minimum atomic E-state index is -1.00. The average Bonchev–Trinajstić information content (AvgIpc) is 3.60. The average molecular weight is 709 g/mol. The molecule has 16 heteroatoms. The number of urea groups is 1. The predicted octanol–water partition coefficient (Wildman–Crippen LogP) is 2.10. The van der Waals surface area contributed by atoms with Gasteiger partial charge in [-0.1, -0.05) is 12.1 Å². The van der Waals surface area contributed by atoms with Gasteiger partial charge in [0.1, 0.15) is 11.9 Å². The third-order valence-electron chi connectivity index (χ3n) is 10.0. The van der Waals surface area contributed by atoms with E-state index in [-0.39, 0.29) is 47.6 Å². The van der Waals surface area contributed by atoms with Crippen LogP contribution in [0, 0.1) is 0 Å². The summed E-state index contributed by atoms with van der Waals surface area (Å²) in [5, 5.41) is 8.71. The standard InChI is InChI=1S/C36H40N10O6/c1-43-16-17-45(36(43)52)24-5-3-15-44(20-24)28-19-39-30(31(37)48)32(41-28)40-22-8-6-21(7-9-22)4-2-14-38-23-10-11-25-26(18-23)35(51)46(34(25)50)27-12-13-29(47)42-33(27)49/h6-11,18-19,24,27,38H,2-5,12-17,20H2,1H3,(H2,37,48)(H,40,41)(H,42,47,49)/t24-,27?/m1/s1. The maximum atomic E-state index is 13.1. The number of piperidine rings is 2. The first kappa shape index (κ1) is 34.4. The highest BCUT2D eigenvalue weighted by Crippen LogP contribution is 2.30. The molecule has 5 N–H and O–H groups in total. The molecule has 0 radical (unpaired) electrons. The summed E-state index contributed by atoms with van der Waals surface area (Å²) in [4.78, 5) is 90.6. The van der Waals surface area contributed by atoms with E-state index in [1.807, 2.05) is 36.2 Å². The number of amides is 7. The number of aromatic nitrogens is 2. The summed E-state index contributed by atoms with van der Waals surface area (Å²) in [5.74, 6) is -1.97. The molecular weight excluding hydrogens is 668 g/mol. The van der Waals surface area contributed by atoms with E-state index in [4.69, 9.17) is 10.7 Å². The van der Waals surface area contributed by atoms with Crippen LogP contribution in [0.15, 0.2) is 48.7 Å². The van der Waals surface area contributed by atoms with Crippen LogP contribution < -0.4 is 26.6 Å². The number of aryl methyl sites for hydroxylation is 1. The summed E-state index contributed by atoms with van der Waals surface area (Å²) in [6.45, 7) is 3.40. The number of carbonyl (C=O) groups excluding carboxylic acids is 6. The van der Waals surface area contributed by atoms with E-state index in [0.717, 1.165) is 42.7 Å². The van der Waals surface area contributed by atoms with Crippen LogP contribution in [0.25, 0.3) is 0 Å². The van der Waals surface area contributed by atoms with E-state index >= 15 is 0 Å². The van der Waals surface area contributed by atoms with Gasteiger partial charge >= 0.3 is 6.03 Å². The lowest BCUT2D eigenvalue weighted by molar-refractivity contribution is -0.136. The van der Waals surface area contributed by atoms with Crippen LogP contribution >= 0.6 is 0 Å². The fourth-order valence-corrected chi connectivity index (χ4v) is 7.22. The third kappa shape index (κ3) is 6.83. The Bertz CT molecular complexity index is 1950. The smallest absolute Gasteiger partial charge is 0.320 e. The highest BCUT2D eigenvalue weighted by atomic mass is 16.2. The summed E-state index contributed by atoms with van der Waals surface area (Å²) < 4.78 is 0. The maximum absolute atomic E-state index is 13.1. The van der Waals surface area contributed by atoms with Crippen LogP contribution in [0.1, 0.15) is 68.9 Å². The molecule has 3 aromatic rings. The molecule has 4 aliphatic heterocycles. The molecule has 270 valence electrons. The molecule has 4 aliphatic rings. The fourth-order valence-electron chi connectivity index (χ4n) is 7.22. The fraction of sp³-hybridized carbons (Fsp3) is 0.389. The molecule has 5 heterocycles. The normalized spacial score (nSPS) is 20.4. The molecule has 52 heavy (non-hydrogen) atoms. The Morgan fingerprint density at radius 2 is 1.73 bits per heavy atom. The van der Waals surface area contributed by atoms with Gasteiger partial charge in [-0.2, -0.15) is 0 Å². The van der Waals surface area contributed by atoms with Crippen molar-refractivity contribution in [3.05, 3.63) is 71.0 Å². The number of rotatable bonds is 11. The molecule has 3 saturated heterocycles. The van der Waals surface area contributed by atoms with Crippen molar-refractivity contribution in [2.24, 2.45) is 5.73 Å². The number of nitrogens with zero attached hydrogens (tertiary/aromatic N) is 6. The Balaban J connectivity index is 0.934. The Hall–Kier alpha value is -6.06. The lowest BCUT2D eigenvalue weighted by atomic mass is 10.0. The molecular formula is C36H40N10O6. The Morgan fingerprint density at radius 1 is 0.962 bits per heavy atom. The first-order valence-corrected chi connectivity index (χ1v) is 17.5.